The summed E-state index contributed by atoms with van der Waals surface area (Å²) < 4.78 is 18.6. The number of hydrogen-bond acceptors (Lipinski definition) is 8. The van der Waals surface area contributed by atoms with E-state index in [9.17, 15) is 19.1 Å². The van der Waals surface area contributed by atoms with Crippen LogP contribution in [0.5, 0.6) is 5.75 Å². The van der Waals surface area contributed by atoms with Gasteiger partial charge in [0.25, 0.3) is 5.91 Å². The van der Waals surface area contributed by atoms with Gasteiger partial charge in [-0.2, -0.15) is 0 Å². The number of amides is 2. The van der Waals surface area contributed by atoms with E-state index in [1.807, 2.05) is 0 Å². The van der Waals surface area contributed by atoms with Crippen LogP contribution in [0.1, 0.15) is 66.6 Å². The third-order valence-corrected chi connectivity index (χ3v) is 6.75. The monoisotopic (exact) mass is 513 g/mol. The highest BCUT2D eigenvalue weighted by molar-refractivity contribution is 6.01. The van der Waals surface area contributed by atoms with Crippen molar-refractivity contribution in [3.63, 3.8) is 0 Å². The minimum absolute atomic E-state index is 0.0572. The molecular formula is C26H32FN5O5. The minimum atomic E-state index is -1.01. The standard InChI is InChI=1S/C26H32FN5O5/c1-14(33)25(34)31-18-7-5-17(6-8-18)23-12-21(32-37-23)20-11-22(30-15(2)29-20)26(35)28-13-16-4-9-19(27)24(10-16)36-3/h4,9-11,14,17-18,23,33H,5-8,12-13H2,1-3H3,(H,28,35)(H,31,34). The van der Waals surface area contributed by atoms with Gasteiger partial charge in [0, 0.05) is 19.0 Å². The van der Waals surface area contributed by atoms with Gasteiger partial charge in [-0.25, -0.2) is 14.4 Å². The van der Waals surface area contributed by atoms with E-state index in [0.717, 1.165) is 25.7 Å². The average Bonchev–Trinajstić information content (AvgIpc) is 3.38. The number of aryl methyl sites for hydroxylation is 1. The van der Waals surface area contributed by atoms with Crippen LogP contribution in [-0.2, 0) is 16.2 Å². The van der Waals surface area contributed by atoms with Gasteiger partial charge in [-0.15, -0.1) is 0 Å². The van der Waals surface area contributed by atoms with E-state index < -0.39 is 11.9 Å². The van der Waals surface area contributed by atoms with Crippen LogP contribution >= 0.6 is 0 Å². The summed E-state index contributed by atoms with van der Waals surface area (Å²) >= 11 is 0. The van der Waals surface area contributed by atoms with Crippen LogP contribution in [0.3, 0.4) is 0 Å². The number of carbonyl (C=O) groups excluding carboxylic acids is 2. The van der Waals surface area contributed by atoms with Crippen molar-refractivity contribution in [1.82, 2.24) is 20.6 Å². The van der Waals surface area contributed by atoms with Crippen LogP contribution in [-0.4, -0.2) is 58.0 Å². The lowest BCUT2D eigenvalue weighted by Gasteiger charge is -2.31. The van der Waals surface area contributed by atoms with E-state index in [-0.39, 0.29) is 41.9 Å². The molecule has 2 aromatic rings. The molecule has 2 atom stereocenters. The summed E-state index contributed by atoms with van der Waals surface area (Å²) in [5.41, 5.74) is 2.10. The Bertz CT molecular complexity index is 1180. The molecule has 1 fully saturated rings. The van der Waals surface area contributed by atoms with E-state index in [1.54, 1.807) is 19.1 Å². The molecule has 0 radical (unpaired) electrons. The number of aromatic nitrogens is 2. The molecule has 1 aliphatic heterocycles. The van der Waals surface area contributed by atoms with Gasteiger partial charge in [-0.3, -0.25) is 9.59 Å². The Labute approximate surface area is 214 Å². The van der Waals surface area contributed by atoms with Crippen LogP contribution in [0, 0.1) is 18.7 Å². The van der Waals surface area contributed by atoms with Crippen LogP contribution in [0.4, 0.5) is 4.39 Å². The molecule has 3 N–H and O–H groups in total. The summed E-state index contributed by atoms with van der Waals surface area (Å²) in [6.07, 6.45) is 2.85. The highest BCUT2D eigenvalue weighted by Gasteiger charge is 2.34. The van der Waals surface area contributed by atoms with Gasteiger partial charge in [0.15, 0.2) is 11.6 Å². The minimum Gasteiger partial charge on any atom is -0.494 e. The molecule has 10 nitrogen and oxygen atoms in total. The molecule has 2 unspecified atom stereocenters. The molecule has 11 heteroatoms. The van der Waals surface area contributed by atoms with Crippen LogP contribution in [0.15, 0.2) is 29.4 Å². The molecule has 198 valence electrons. The van der Waals surface area contributed by atoms with Crippen LogP contribution < -0.4 is 15.4 Å². The quantitative estimate of drug-likeness (QED) is 0.493. The topological polar surface area (TPSA) is 135 Å². The number of halogens is 1. The van der Waals surface area contributed by atoms with E-state index in [4.69, 9.17) is 9.57 Å². The Morgan fingerprint density at radius 2 is 1.97 bits per heavy atom. The number of hydrogen-bond donors (Lipinski definition) is 3. The smallest absolute Gasteiger partial charge is 0.270 e. The fourth-order valence-electron chi connectivity index (χ4n) is 4.68. The van der Waals surface area contributed by atoms with Gasteiger partial charge in [0.05, 0.1) is 12.8 Å². The zero-order valence-electron chi connectivity index (χ0n) is 21.2. The first kappa shape index (κ1) is 26.5. The Hall–Kier alpha value is -3.60. The second-order valence-corrected chi connectivity index (χ2v) is 9.52. The molecule has 37 heavy (non-hydrogen) atoms. The van der Waals surface area contributed by atoms with Crippen molar-refractivity contribution in [3.05, 3.63) is 52.9 Å². The number of aliphatic hydroxyl groups is 1. The van der Waals surface area contributed by atoms with Crippen molar-refractivity contribution < 1.29 is 28.7 Å². The molecule has 2 aliphatic rings. The first-order chi connectivity index (χ1) is 17.7. The Morgan fingerprint density at radius 3 is 2.68 bits per heavy atom. The second kappa shape index (κ2) is 11.6. The SMILES string of the molecule is COc1cc(CNC(=O)c2cc(C3=NOC(C4CCC(NC(=O)C(C)O)CC4)C3)nc(C)n2)ccc1F. The van der Waals surface area contributed by atoms with E-state index in [1.165, 1.54) is 26.2 Å². The molecule has 2 amide bonds. The third-order valence-electron chi connectivity index (χ3n) is 6.75. The Kier molecular flexibility index (Phi) is 8.32. The van der Waals surface area contributed by atoms with Crippen molar-refractivity contribution in [3.8, 4) is 5.75 Å². The first-order valence-corrected chi connectivity index (χ1v) is 12.4. The Morgan fingerprint density at radius 1 is 1.22 bits per heavy atom. The Balaban J connectivity index is 1.33. The van der Waals surface area contributed by atoms with Crippen LogP contribution in [0.25, 0.3) is 0 Å². The lowest BCUT2D eigenvalue weighted by molar-refractivity contribution is -0.129. The normalized spacial score (nSPS) is 22.0. The fraction of sp³-hybridized carbons (Fsp3) is 0.500. The number of nitrogens with one attached hydrogen (secondary N) is 2. The molecule has 1 aromatic carbocycles. The maximum atomic E-state index is 13.6. The van der Waals surface area contributed by atoms with Crippen molar-refractivity contribution >= 4 is 17.5 Å². The van der Waals surface area contributed by atoms with E-state index >= 15 is 0 Å². The van der Waals surface area contributed by atoms with Crippen molar-refractivity contribution in [2.45, 2.75) is 70.7 Å². The highest BCUT2D eigenvalue weighted by Crippen LogP contribution is 2.33. The van der Waals surface area contributed by atoms with E-state index in [0.29, 0.717) is 35.1 Å². The number of aliphatic hydroxyl groups excluding tert-OH is 1. The highest BCUT2D eigenvalue weighted by atomic mass is 19.1. The molecule has 1 saturated carbocycles. The number of benzene rings is 1. The summed E-state index contributed by atoms with van der Waals surface area (Å²) in [6.45, 7) is 3.35. The average molecular weight is 514 g/mol. The number of oxime groups is 1. The van der Waals surface area contributed by atoms with Gasteiger partial charge in [-0.05, 0) is 69.2 Å². The molecule has 1 aromatic heterocycles. The predicted octanol–water partition coefficient (Wildman–Crippen LogP) is 2.41. The fourth-order valence-corrected chi connectivity index (χ4v) is 4.68. The first-order valence-electron chi connectivity index (χ1n) is 12.4. The molecule has 2 heterocycles. The number of nitrogens with zero attached hydrogens (tertiary/aromatic N) is 3. The van der Waals surface area contributed by atoms with Crippen molar-refractivity contribution in [2.24, 2.45) is 11.1 Å². The number of rotatable bonds is 8. The van der Waals surface area contributed by atoms with Crippen molar-refractivity contribution in [1.29, 1.82) is 0 Å². The number of ether oxygens (including phenoxy) is 1. The summed E-state index contributed by atoms with van der Waals surface area (Å²) in [5, 5.41) is 19.3. The summed E-state index contributed by atoms with van der Waals surface area (Å²) in [5.74, 6) is -0.362. The van der Waals surface area contributed by atoms with Crippen LogP contribution in [0.2, 0.25) is 0 Å². The van der Waals surface area contributed by atoms with E-state index in [2.05, 4.69) is 25.8 Å². The molecule has 4 rings (SSSR count). The second-order valence-electron chi connectivity index (χ2n) is 9.52. The molecular weight excluding hydrogens is 481 g/mol. The maximum Gasteiger partial charge on any atom is 0.270 e. The third kappa shape index (κ3) is 6.59. The largest absolute Gasteiger partial charge is 0.494 e. The van der Waals surface area contributed by atoms with Crippen molar-refractivity contribution in [2.75, 3.05) is 7.11 Å². The molecule has 1 aliphatic carbocycles. The summed E-state index contributed by atoms with van der Waals surface area (Å²) in [6, 6.07) is 6.06. The zero-order chi connectivity index (χ0) is 26.5. The summed E-state index contributed by atoms with van der Waals surface area (Å²) in [4.78, 5) is 39.0. The lowest BCUT2D eigenvalue weighted by Crippen LogP contribution is -2.43. The van der Waals surface area contributed by atoms with Gasteiger partial charge in [0.2, 0.25) is 5.91 Å². The molecule has 0 bridgehead atoms. The lowest BCUT2D eigenvalue weighted by atomic mass is 9.81. The molecule has 0 spiro atoms. The zero-order valence-corrected chi connectivity index (χ0v) is 21.2. The van der Waals surface area contributed by atoms with Gasteiger partial charge < -0.3 is 25.3 Å². The number of methoxy groups -OCH3 is 1. The predicted molar refractivity (Wildman–Crippen MR) is 132 cm³/mol. The number of carbonyl (C=O) groups is 2. The van der Waals surface area contributed by atoms with Gasteiger partial charge in [0.1, 0.15) is 29.4 Å². The van der Waals surface area contributed by atoms with Gasteiger partial charge >= 0.3 is 0 Å². The molecule has 0 saturated heterocycles. The summed E-state index contributed by atoms with van der Waals surface area (Å²) in [7, 11) is 1.38. The van der Waals surface area contributed by atoms with Gasteiger partial charge in [-0.1, -0.05) is 11.2 Å². The maximum absolute atomic E-state index is 13.6.